The molecule has 0 aliphatic carbocycles. The van der Waals surface area contributed by atoms with Crippen molar-refractivity contribution in [2.24, 2.45) is 0 Å². The number of rotatable bonds is 2. The summed E-state index contributed by atoms with van der Waals surface area (Å²) in [7, 11) is 0. The van der Waals surface area contributed by atoms with Gasteiger partial charge in [0.05, 0.1) is 13.2 Å². The molecule has 0 radical (unpaired) electrons. The third kappa shape index (κ3) is 2.19. The zero-order valence-corrected chi connectivity index (χ0v) is 10.3. The van der Waals surface area contributed by atoms with Gasteiger partial charge < -0.3 is 9.64 Å². The Morgan fingerprint density at radius 1 is 1.33 bits per heavy atom. The van der Waals surface area contributed by atoms with E-state index in [2.05, 4.69) is 25.1 Å². The minimum Gasteiger partial charge on any atom is -0.378 e. The summed E-state index contributed by atoms with van der Waals surface area (Å²) in [4.78, 5) is 11.0. The highest BCUT2D eigenvalue weighted by atomic mass is 16.5. The molecule has 0 amide bonds. The summed E-state index contributed by atoms with van der Waals surface area (Å²) in [5.74, 6) is 1.59. The molecule has 2 aromatic rings. The van der Waals surface area contributed by atoms with Crippen LogP contribution in [0.15, 0.2) is 18.3 Å². The Balaban J connectivity index is 1.88. The van der Waals surface area contributed by atoms with Crippen molar-refractivity contribution < 1.29 is 4.74 Å². The van der Waals surface area contributed by atoms with Gasteiger partial charge in [0.2, 0.25) is 0 Å². The predicted octanol–water partition coefficient (Wildman–Crippen LogP) is 1.01. The van der Waals surface area contributed by atoms with Gasteiger partial charge in [0.1, 0.15) is 11.5 Å². The number of hydrogen-bond acceptors (Lipinski definition) is 5. The zero-order valence-electron chi connectivity index (χ0n) is 10.3. The molecule has 1 aliphatic rings. The summed E-state index contributed by atoms with van der Waals surface area (Å²) in [6, 6.07) is 3.87. The normalized spacial score (nSPS) is 15.9. The van der Waals surface area contributed by atoms with Crippen molar-refractivity contribution in [1.82, 2.24) is 20.2 Å². The molecule has 1 saturated heterocycles. The van der Waals surface area contributed by atoms with E-state index >= 15 is 0 Å². The molecule has 0 aromatic carbocycles. The minimum atomic E-state index is 0.656. The first-order valence-electron chi connectivity index (χ1n) is 6.01. The topological polar surface area (TPSA) is 66.9 Å². The Bertz CT molecular complexity index is 533. The van der Waals surface area contributed by atoms with Crippen LogP contribution in [0.25, 0.3) is 11.5 Å². The molecule has 3 heterocycles. The van der Waals surface area contributed by atoms with Crippen molar-refractivity contribution in [2.45, 2.75) is 6.92 Å². The molecule has 3 rings (SSSR count). The van der Waals surface area contributed by atoms with Crippen molar-refractivity contribution >= 4 is 5.82 Å². The molecular formula is C12H15N5O. The molecular weight excluding hydrogens is 230 g/mol. The van der Waals surface area contributed by atoms with E-state index in [9.17, 15) is 0 Å². The molecule has 0 atom stereocenters. The second kappa shape index (κ2) is 4.73. The lowest BCUT2D eigenvalue weighted by Gasteiger charge is -2.27. The van der Waals surface area contributed by atoms with Gasteiger partial charge in [0, 0.05) is 25.0 Å². The summed E-state index contributed by atoms with van der Waals surface area (Å²) < 4.78 is 5.34. The highest BCUT2D eigenvalue weighted by Gasteiger charge is 2.14. The summed E-state index contributed by atoms with van der Waals surface area (Å²) in [5.41, 5.74) is 1.79. The highest BCUT2D eigenvalue weighted by molar-refractivity contribution is 5.53. The van der Waals surface area contributed by atoms with Crippen LogP contribution in [0.4, 0.5) is 5.82 Å². The molecule has 1 aliphatic heterocycles. The van der Waals surface area contributed by atoms with Crippen LogP contribution in [0.2, 0.25) is 0 Å². The van der Waals surface area contributed by atoms with E-state index in [1.807, 2.05) is 19.1 Å². The second-order valence-corrected chi connectivity index (χ2v) is 4.27. The Labute approximate surface area is 105 Å². The maximum absolute atomic E-state index is 5.34. The number of nitrogens with one attached hydrogen (secondary N) is 1. The summed E-state index contributed by atoms with van der Waals surface area (Å²) in [6.07, 6.45) is 1.77. The van der Waals surface area contributed by atoms with E-state index in [0.717, 1.165) is 43.5 Å². The van der Waals surface area contributed by atoms with Gasteiger partial charge in [-0.25, -0.2) is 9.97 Å². The Hall–Kier alpha value is -1.95. The average molecular weight is 245 g/mol. The lowest BCUT2D eigenvalue weighted by molar-refractivity contribution is 0.122. The van der Waals surface area contributed by atoms with Crippen molar-refractivity contribution in [1.29, 1.82) is 0 Å². The Morgan fingerprint density at radius 3 is 2.89 bits per heavy atom. The number of aryl methyl sites for hydroxylation is 1. The van der Waals surface area contributed by atoms with Crippen molar-refractivity contribution in [3.05, 3.63) is 24.0 Å². The molecule has 18 heavy (non-hydrogen) atoms. The van der Waals surface area contributed by atoms with E-state index in [0.29, 0.717) is 5.82 Å². The van der Waals surface area contributed by atoms with Crippen LogP contribution < -0.4 is 4.90 Å². The first-order valence-corrected chi connectivity index (χ1v) is 6.01. The van der Waals surface area contributed by atoms with Crippen LogP contribution in [-0.2, 0) is 4.74 Å². The van der Waals surface area contributed by atoms with E-state index in [1.165, 1.54) is 0 Å². The Kier molecular flexibility index (Phi) is 2.93. The quantitative estimate of drug-likeness (QED) is 0.855. The summed E-state index contributed by atoms with van der Waals surface area (Å²) in [6.45, 7) is 5.20. The molecule has 0 unspecified atom stereocenters. The number of anilines is 1. The van der Waals surface area contributed by atoms with E-state index in [-0.39, 0.29) is 0 Å². The number of H-pyrrole nitrogens is 1. The fourth-order valence-corrected chi connectivity index (χ4v) is 1.97. The van der Waals surface area contributed by atoms with Crippen molar-refractivity contribution in [2.75, 3.05) is 31.2 Å². The van der Waals surface area contributed by atoms with Crippen LogP contribution in [0.5, 0.6) is 0 Å². The maximum atomic E-state index is 5.34. The van der Waals surface area contributed by atoms with E-state index < -0.39 is 0 Å². The SMILES string of the molecule is Cc1cc(-c2nccc(N3CCOCC3)n2)n[nH]1. The van der Waals surface area contributed by atoms with Crippen LogP contribution in [0, 0.1) is 6.92 Å². The van der Waals surface area contributed by atoms with Crippen LogP contribution in [0.1, 0.15) is 5.69 Å². The first kappa shape index (κ1) is 11.2. The fraction of sp³-hybridized carbons (Fsp3) is 0.417. The van der Waals surface area contributed by atoms with Crippen LogP contribution in [-0.4, -0.2) is 46.5 Å². The summed E-state index contributed by atoms with van der Waals surface area (Å²) >= 11 is 0. The maximum Gasteiger partial charge on any atom is 0.182 e. The van der Waals surface area contributed by atoms with Crippen LogP contribution in [0.3, 0.4) is 0 Å². The first-order chi connectivity index (χ1) is 8.83. The number of aromatic amines is 1. The Morgan fingerprint density at radius 2 is 2.17 bits per heavy atom. The van der Waals surface area contributed by atoms with Crippen LogP contribution >= 0.6 is 0 Å². The molecule has 1 fully saturated rings. The lowest BCUT2D eigenvalue weighted by atomic mass is 10.3. The van der Waals surface area contributed by atoms with Gasteiger partial charge in [0.25, 0.3) is 0 Å². The van der Waals surface area contributed by atoms with Gasteiger partial charge in [-0.1, -0.05) is 0 Å². The zero-order chi connectivity index (χ0) is 12.4. The fourth-order valence-electron chi connectivity index (χ4n) is 1.97. The summed E-state index contributed by atoms with van der Waals surface area (Å²) in [5, 5.41) is 7.08. The number of morpholine rings is 1. The van der Waals surface area contributed by atoms with E-state index in [4.69, 9.17) is 4.74 Å². The molecule has 94 valence electrons. The molecule has 0 bridgehead atoms. The number of hydrogen-bond donors (Lipinski definition) is 1. The molecule has 0 spiro atoms. The third-order valence-corrected chi connectivity index (χ3v) is 2.91. The van der Waals surface area contributed by atoms with Gasteiger partial charge in [0.15, 0.2) is 5.82 Å². The number of ether oxygens (including phenoxy) is 1. The van der Waals surface area contributed by atoms with Gasteiger partial charge in [-0.3, -0.25) is 5.10 Å². The number of nitrogens with zero attached hydrogens (tertiary/aromatic N) is 4. The molecule has 2 aromatic heterocycles. The number of aromatic nitrogens is 4. The third-order valence-electron chi connectivity index (χ3n) is 2.91. The highest BCUT2D eigenvalue weighted by Crippen LogP contribution is 2.17. The van der Waals surface area contributed by atoms with Crippen molar-refractivity contribution in [3.63, 3.8) is 0 Å². The minimum absolute atomic E-state index is 0.656. The predicted molar refractivity (Wildman–Crippen MR) is 67.4 cm³/mol. The smallest absolute Gasteiger partial charge is 0.182 e. The van der Waals surface area contributed by atoms with Gasteiger partial charge >= 0.3 is 0 Å². The van der Waals surface area contributed by atoms with Crippen molar-refractivity contribution in [3.8, 4) is 11.5 Å². The van der Waals surface area contributed by atoms with Gasteiger partial charge in [-0.15, -0.1) is 0 Å². The molecule has 0 saturated carbocycles. The van der Waals surface area contributed by atoms with E-state index in [1.54, 1.807) is 6.20 Å². The molecule has 6 heteroatoms. The van der Waals surface area contributed by atoms with Gasteiger partial charge in [-0.05, 0) is 19.1 Å². The monoisotopic (exact) mass is 245 g/mol. The standard InChI is InChI=1S/C12H15N5O/c1-9-8-10(16-15-9)12-13-3-2-11(14-12)17-4-6-18-7-5-17/h2-3,8H,4-7H2,1H3,(H,15,16). The lowest BCUT2D eigenvalue weighted by Crippen LogP contribution is -2.36. The average Bonchev–Trinajstić information content (AvgIpc) is 2.87. The largest absolute Gasteiger partial charge is 0.378 e. The molecule has 6 nitrogen and oxygen atoms in total. The second-order valence-electron chi connectivity index (χ2n) is 4.27. The van der Waals surface area contributed by atoms with Gasteiger partial charge in [-0.2, -0.15) is 5.10 Å². The molecule has 1 N–H and O–H groups in total.